The molecule has 0 aromatic carbocycles. The quantitative estimate of drug-likeness (QED) is 0.774. The zero-order chi connectivity index (χ0) is 13.0. The molecule has 1 aromatic heterocycles. The maximum Gasteiger partial charge on any atom is 0.240 e. The molecule has 2 rings (SSSR count). The van der Waals surface area contributed by atoms with Gasteiger partial charge in [0.2, 0.25) is 5.91 Å². The van der Waals surface area contributed by atoms with Crippen LogP contribution in [0.15, 0.2) is 18.5 Å². The summed E-state index contributed by atoms with van der Waals surface area (Å²) in [6.07, 6.45) is 8.61. The standard InChI is InChI=1S/C14H23N3O/c1-3-4-13(15-2)11-7-8-17(9-11)10-14(18)16-12-5-6-12/h7-9,12-13,15H,3-6,10H2,1-2H3,(H,16,18). The van der Waals surface area contributed by atoms with E-state index in [1.807, 2.05) is 17.8 Å². The Labute approximate surface area is 109 Å². The van der Waals surface area contributed by atoms with Crippen LogP contribution in [0, 0.1) is 0 Å². The summed E-state index contributed by atoms with van der Waals surface area (Å²) >= 11 is 0. The summed E-state index contributed by atoms with van der Waals surface area (Å²) in [6.45, 7) is 2.61. The van der Waals surface area contributed by atoms with E-state index in [4.69, 9.17) is 0 Å². The van der Waals surface area contributed by atoms with Crippen molar-refractivity contribution < 1.29 is 4.79 Å². The van der Waals surface area contributed by atoms with Gasteiger partial charge in [0.25, 0.3) is 0 Å². The number of hydrogen-bond donors (Lipinski definition) is 2. The molecule has 1 aliphatic rings. The Morgan fingerprint density at radius 1 is 1.56 bits per heavy atom. The Hall–Kier alpha value is -1.29. The maximum absolute atomic E-state index is 11.7. The van der Waals surface area contributed by atoms with Gasteiger partial charge in [-0.2, -0.15) is 0 Å². The SMILES string of the molecule is CCCC(NC)c1ccn(CC(=O)NC2CC2)c1. The van der Waals surface area contributed by atoms with Crippen LogP contribution < -0.4 is 10.6 Å². The van der Waals surface area contributed by atoms with E-state index in [0.717, 1.165) is 25.7 Å². The van der Waals surface area contributed by atoms with Gasteiger partial charge >= 0.3 is 0 Å². The number of aromatic nitrogens is 1. The van der Waals surface area contributed by atoms with Crippen molar-refractivity contribution in [1.82, 2.24) is 15.2 Å². The van der Waals surface area contributed by atoms with Gasteiger partial charge in [0.1, 0.15) is 6.54 Å². The zero-order valence-electron chi connectivity index (χ0n) is 11.3. The van der Waals surface area contributed by atoms with Crippen molar-refractivity contribution in [3.05, 3.63) is 24.0 Å². The molecule has 2 N–H and O–H groups in total. The topological polar surface area (TPSA) is 46.1 Å². The molecule has 1 fully saturated rings. The van der Waals surface area contributed by atoms with Gasteiger partial charge in [0.05, 0.1) is 0 Å². The van der Waals surface area contributed by atoms with Crippen LogP contribution in [0.1, 0.15) is 44.2 Å². The van der Waals surface area contributed by atoms with Crippen LogP contribution in [-0.2, 0) is 11.3 Å². The average molecular weight is 249 g/mol. The number of carbonyl (C=O) groups is 1. The maximum atomic E-state index is 11.7. The van der Waals surface area contributed by atoms with Gasteiger partial charge in [-0.05, 0) is 37.9 Å². The molecule has 1 atom stereocenters. The molecular formula is C14H23N3O. The average Bonchev–Trinajstić information content (AvgIpc) is 3.03. The van der Waals surface area contributed by atoms with Gasteiger partial charge in [-0.1, -0.05) is 13.3 Å². The number of amides is 1. The highest BCUT2D eigenvalue weighted by atomic mass is 16.2. The number of carbonyl (C=O) groups excluding carboxylic acids is 1. The van der Waals surface area contributed by atoms with Crippen LogP contribution >= 0.6 is 0 Å². The molecule has 1 aromatic rings. The van der Waals surface area contributed by atoms with E-state index in [0.29, 0.717) is 18.6 Å². The summed E-state index contributed by atoms with van der Waals surface area (Å²) in [5.74, 6) is 0.121. The first kappa shape index (κ1) is 13.1. The number of rotatable bonds is 7. The van der Waals surface area contributed by atoms with Crippen molar-refractivity contribution in [3.8, 4) is 0 Å². The van der Waals surface area contributed by atoms with Gasteiger partial charge < -0.3 is 15.2 Å². The van der Waals surface area contributed by atoms with E-state index in [2.05, 4.69) is 29.8 Å². The highest BCUT2D eigenvalue weighted by Crippen LogP contribution is 2.19. The summed E-state index contributed by atoms with van der Waals surface area (Å²) in [5, 5.41) is 6.32. The Bertz CT molecular complexity index is 395. The molecule has 1 amide bonds. The molecule has 0 bridgehead atoms. The molecule has 1 saturated carbocycles. The predicted molar refractivity (Wildman–Crippen MR) is 72.3 cm³/mol. The van der Waals surface area contributed by atoms with E-state index in [1.54, 1.807) is 0 Å². The normalized spacial score (nSPS) is 16.6. The van der Waals surface area contributed by atoms with Gasteiger partial charge in [-0.15, -0.1) is 0 Å². The zero-order valence-corrected chi connectivity index (χ0v) is 11.3. The molecule has 100 valence electrons. The van der Waals surface area contributed by atoms with Crippen molar-refractivity contribution in [1.29, 1.82) is 0 Å². The van der Waals surface area contributed by atoms with E-state index >= 15 is 0 Å². The molecule has 18 heavy (non-hydrogen) atoms. The van der Waals surface area contributed by atoms with Gasteiger partial charge in [0, 0.05) is 24.5 Å². The molecule has 0 saturated heterocycles. The summed E-state index contributed by atoms with van der Waals surface area (Å²) in [6, 6.07) is 2.93. The van der Waals surface area contributed by atoms with Crippen molar-refractivity contribution in [2.45, 2.75) is 51.2 Å². The third kappa shape index (κ3) is 3.60. The largest absolute Gasteiger partial charge is 0.352 e. The van der Waals surface area contributed by atoms with Crippen LogP contribution in [0.25, 0.3) is 0 Å². The van der Waals surface area contributed by atoms with Gasteiger partial charge in [-0.3, -0.25) is 4.79 Å². The summed E-state index contributed by atoms with van der Waals surface area (Å²) in [4.78, 5) is 11.7. The Kier molecular flexibility index (Phi) is 4.42. The van der Waals surface area contributed by atoms with Crippen LogP contribution in [-0.4, -0.2) is 23.6 Å². The van der Waals surface area contributed by atoms with Crippen molar-refractivity contribution >= 4 is 5.91 Å². The summed E-state index contributed by atoms with van der Waals surface area (Å²) < 4.78 is 1.97. The Morgan fingerprint density at radius 2 is 2.33 bits per heavy atom. The van der Waals surface area contributed by atoms with Crippen LogP contribution in [0.2, 0.25) is 0 Å². The Morgan fingerprint density at radius 3 is 2.94 bits per heavy atom. The molecule has 0 spiro atoms. The molecule has 1 heterocycles. The first-order chi connectivity index (χ1) is 8.72. The lowest BCUT2D eigenvalue weighted by Crippen LogP contribution is -2.28. The Balaban J connectivity index is 1.89. The highest BCUT2D eigenvalue weighted by molar-refractivity contribution is 5.76. The molecule has 1 unspecified atom stereocenters. The molecule has 4 heteroatoms. The predicted octanol–water partition coefficient (Wildman–Crippen LogP) is 1.83. The molecule has 1 aliphatic carbocycles. The minimum Gasteiger partial charge on any atom is -0.352 e. The van der Waals surface area contributed by atoms with E-state index < -0.39 is 0 Å². The van der Waals surface area contributed by atoms with E-state index in [9.17, 15) is 4.79 Å². The lowest BCUT2D eigenvalue weighted by Gasteiger charge is -2.13. The first-order valence-electron chi connectivity index (χ1n) is 6.85. The monoisotopic (exact) mass is 249 g/mol. The second-order valence-corrected chi connectivity index (χ2v) is 5.09. The fourth-order valence-electron chi connectivity index (χ4n) is 2.20. The van der Waals surface area contributed by atoms with Crippen molar-refractivity contribution in [3.63, 3.8) is 0 Å². The molecule has 0 radical (unpaired) electrons. The number of nitrogens with zero attached hydrogens (tertiary/aromatic N) is 1. The van der Waals surface area contributed by atoms with Gasteiger partial charge in [-0.25, -0.2) is 0 Å². The van der Waals surface area contributed by atoms with E-state index in [1.165, 1.54) is 5.56 Å². The third-order valence-electron chi connectivity index (χ3n) is 3.37. The fourth-order valence-corrected chi connectivity index (χ4v) is 2.20. The summed E-state index contributed by atoms with van der Waals surface area (Å²) in [5.41, 5.74) is 1.26. The van der Waals surface area contributed by atoms with Crippen LogP contribution in [0.5, 0.6) is 0 Å². The molecule has 4 nitrogen and oxygen atoms in total. The van der Waals surface area contributed by atoms with Crippen LogP contribution in [0.4, 0.5) is 0 Å². The van der Waals surface area contributed by atoms with Crippen molar-refractivity contribution in [2.75, 3.05) is 7.05 Å². The molecule has 0 aliphatic heterocycles. The third-order valence-corrected chi connectivity index (χ3v) is 3.37. The lowest BCUT2D eigenvalue weighted by molar-refractivity contribution is -0.121. The minimum absolute atomic E-state index is 0.121. The van der Waals surface area contributed by atoms with E-state index in [-0.39, 0.29) is 5.91 Å². The minimum atomic E-state index is 0.121. The molecular weight excluding hydrogens is 226 g/mol. The number of hydrogen-bond acceptors (Lipinski definition) is 2. The van der Waals surface area contributed by atoms with Gasteiger partial charge in [0.15, 0.2) is 0 Å². The van der Waals surface area contributed by atoms with Crippen LogP contribution in [0.3, 0.4) is 0 Å². The lowest BCUT2D eigenvalue weighted by atomic mass is 10.1. The smallest absolute Gasteiger partial charge is 0.240 e. The highest BCUT2D eigenvalue weighted by Gasteiger charge is 2.23. The number of nitrogens with one attached hydrogen (secondary N) is 2. The second-order valence-electron chi connectivity index (χ2n) is 5.09. The fraction of sp³-hybridized carbons (Fsp3) is 0.643. The summed E-state index contributed by atoms with van der Waals surface area (Å²) in [7, 11) is 1.98. The second kappa shape index (κ2) is 6.05. The first-order valence-corrected chi connectivity index (χ1v) is 6.85. The van der Waals surface area contributed by atoms with Crippen molar-refractivity contribution in [2.24, 2.45) is 0 Å².